The summed E-state index contributed by atoms with van der Waals surface area (Å²) in [6.07, 6.45) is -0.00584. The first-order valence-corrected chi connectivity index (χ1v) is 8.55. The van der Waals surface area contributed by atoms with Crippen LogP contribution in [0.25, 0.3) is 0 Å². The molecule has 0 aliphatic carbocycles. The van der Waals surface area contributed by atoms with Crippen molar-refractivity contribution in [3.05, 3.63) is 53.1 Å². The van der Waals surface area contributed by atoms with Gasteiger partial charge in [0.05, 0.1) is 12.6 Å². The third kappa shape index (κ3) is 3.91. The average Bonchev–Trinajstić information content (AvgIpc) is 2.99. The summed E-state index contributed by atoms with van der Waals surface area (Å²) in [5.41, 5.74) is 1.21. The van der Waals surface area contributed by atoms with Crippen LogP contribution in [-0.2, 0) is 13.1 Å². The summed E-state index contributed by atoms with van der Waals surface area (Å²) in [5.74, 6) is -1.00. The van der Waals surface area contributed by atoms with Crippen LogP contribution in [0.4, 0.5) is 4.39 Å². The highest BCUT2D eigenvalue weighted by molar-refractivity contribution is 5.98. The van der Waals surface area contributed by atoms with E-state index in [4.69, 9.17) is 0 Å². The molecule has 1 aromatic heterocycles. The van der Waals surface area contributed by atoms with Crippen LogP contribution >= 0.6 is 0 Å². The molecule has 7 nitrogen and oxygen atoms in total. The van der Waals surface area contributed by atoms with Gasteiger partial charge in [-0.15, -0.1) is 0 Å². The van der Waals surface area contributed by atoms with Gasteiger partial charge >= 0.3 is 0 Å². The zero-order chi connectivity index (χ0) is 18.7. The van der Waals surface area contributed by atoms with Gasteiger partial charge in [0.25, 0.3) is 11.8 Å². The number of aliphatic hydroxyl groups is 1. The molecular weight excluding hydrogens is 339 g/mol. The monoisotopic (exact) mass is 360 g/mol. The molecule has 2 aromatic rings. The van der Waals surface area contributed by atoms with E-state index in [1.807, 2.05) is 6.92 Å². The van der Waals surface area contributed by atoms with Gasteiger partial charge in [-0.1, -0.05) is 19.1 Å². The van der Waals surface area contributed by atoms with E-state index < -0.39 is 6.10 Å². The molecule has 2 N–H and O–H groups in total. The number of aromatic nitrogens is 2. The Morgan fingerprint density at radius 2 is 2.15 bits per heavy atom. The number of carbonyl (C=O) groups is 2. The van der Waals surface area contributed by atoms with Crippen LogP contribution in [0.3, 0.4) is 0 Å². The first-order chi connectivity index (χ1) is 12.5. The van der Waals surface area contributed by atoms with Gasteiger partial charge in [0.2, 0.25) is 0 Å². The fourth-order valence-electron chi connectivity index (χ4n) is 2.90. The molecule has 0 spiro atoms. The maximum atomic E-state index is 13.1. The number of nitrogens with zero attached hydrogens (tertiary/aromatic N) is 3. The summed E-state index contributed by atoms with van der Waals surface area (Å²) in [6, 6.07) is 7.43. The van der Waals surface area contributed by atoms with Gasteiger partial charge in [0.1, 0.15) is 11.5 Å². The molecular formula is C18H21FN4O3. The highest BCUT2D eigenvalue weighted by Gasteiger charge is 2.26. The Hall–Kier alpha value is -2.74. The molecule has 8 heteroatoms. The molecule has 26 heavy (non-hydrogen) atoms. The van der Waals surface area contributed by atoms with Crippen molar-refractivity contribution in [3.8, 4) is 0 Å². The first kappa shape index (κ1) is 18.1. The Morgan fingerprint density at radius 1 is 1.42 bits per heavy atom. The van der Waals surface area contributed by atoms with Crippen molar-refractivity contribution < 1.29 is 19.1 Å². The largest absolute Gasteiger partial charge is 0.389 e. The van der Waals surface area contributed by atoms with Crippen LogP contribution in [0.1, 0.15) is 39.9 Å². The number of β-amino-alcohol motifs (C(OH)–C–C–N with tert-alkyl or cyclic N) is 1. The van der Waals surface area contributed by atoms with Crippen molar-refractivity contribution >= 4 is 11.8 Å². The molecule has 1 atom stereocenters. The third-order valence-electron chi connectivity index (χ3n) is 4.18. The van der Waals surface area contributed by atoms with Gasteiger partial charge in [-0.2, -0.15) is 5.10 Å². The lowest BCUT2D eigenvalue weighted by molar-refractivity contribution is 0.0735. The number of nitrogens with one attached hydrogen (secondary N) is 1. The van der Waals surface area contributed by atoms with Crippen molar-refractivity contribution in [3.63, 3.8) is 0 Å². The summed E-state index contributed by atoms with van der Waals surface area (Å²) in [6.45, 7) is 3.08. The number of benzene rings is 1. The number of amides is 2. The van der Waals surface area contributed by atoms with E-state index in [1.54, 1.807) is 17.0 Å². The van der Waals surface area contributed by atoms with Gasteiger partial charge in [0.15, 0.2) is 5.69 Å². The molecule has 0 bridgehead atoms. The number of rotatable bonds is 5. The number of hydrogen-bond donors (Lipinski definition) is 2. The van der Waals surface area contributed by atoms with Crippen molar-refractivity contribution in [1.82, 2.24) is 20.0 Å². The summed E-state index contributed by atoms with van der Waals surface area (Å²) in [5, 5.41) is 16.6. The summed E-state index contributed by atoms with van der Waals surface area (Å²) >= 11 is 0. The van der Waals surface area contributed by atoms with E-state index in [2.05, 4.69) is 10.4 Å². The lowest BCUT2D eigenvalue weighted by atomic mass is 10.2. The van der Waals surface area contributed by atoms with E-state index in [-0.39, 0.29) is 42.1 Å². The van der Waals surface area contributed by atoms with Gasteiger partial charge in [0, 0.05) is 25.7 Å². The second-order valence-electron chi connectivity index (χ2n) is 6.31. The van der Waals surface area contributed by atoms with Gasteiger partial charge in [-0.25, -0.2) is 4.39 Å². The third-order valence-corrected chi connectivity index (χ3v) is 4.18. The Bertz CT molecular complexity index is 803. The quantitative estimate of drug-likeness (QED) is 0.838. The van der Waals surface area contributed by atoms with Crippen LogP contribution in [0.15, 0.2) is 30.3 Å². The van der Waals surface area contributed by atoms with E-state index in [9.17, 15) is 19.1 Å². The number of hydrogen-bond acceptors (Lipinski definition) is 4. The molecule has 1 aliphatic heterocycles. The molecule has 3 rings (SSSR count). The Morgan fingerprint density at radius 3 is 2.85 bits per heavy atom. The topological polar surface area (TPSA) is 87.5 Å². The normalized spacial score (nSPS) is 16.6. The highest BCUT2D eigenvalue weighted by atomic mass is 19.1. The fraction of sp³-hybridized carbons (Fsp3) is 0.389. The molecule has 0 unspecified atom stereocenters. The molecule has 2 amide bonds. The second-order valence-corrected chi connectivity index (χ2v) is 6.31. The number of aliphatic hydroxyl groups excluding tert-OH is 1. The van der Waals surface area contributed by atoms with Gasteiger partial charge in [-0.3, -0.25) is 14.3 Å². The Balaban J connectivity index is 1.83. The summed E-state index contributed by atoms with van der Waals surface area (Å²) < 4.78 is 14.4. The number of carbonyl (C=O) groups excluding carboxylic acids is 2. The molecule has 1 aromatic carbocycles. The molecule has 0 radical (unpaired) electrons. The summed E-state index contributed by atoms with van der Waals surface area (Å²) in [4.78, 5) is 26.6. The zero-order valence-corrected chi connectivity index (χ0v) is 14.5. The Kier molecular flexibility index (Phi) is 5.32. The highest BCUT2D eigenvalue weighted by Crippen LogP contribution is 2.14. The zero-order valence-electron chi connectivity index (χ0n) is 14.5. The second kappa shape index (κ2) is 7.65. The minimum Gasteiger partial charge on any atom is -0.389 e. The minimum absolute atomic E-state index is 0.146. The number of halogens is 1. The average molecular weight is 360 g/mol. The Labute approximate surface area is 150 Å². The van der Waals surface area contributed by atoms with Gasteiger partial charge < -0.3 is 15.3 Å². The van der Waals surface area contributed by atoms with Crippen LogP contribution in [0.2, 0.25) is 0 Å². The lowest BCUT2D eigenvalue weighted by Crippen LogP contribution is -2.32. The standard InChI is InChI=1S/C18H21FN4O3/c1-2-7-22(10-12-3-5-13(19)6-4-12)18(26)15-8-16-17(25)20-9-14(24)11-23(16)21-15/h3-6,8,14,24H,2,7,9-11H2,1H3,(H,20,25)/t14-/m1/s1. The van der Waals surface area contributed by atoms with Crippen molar-refractivity contribution in [2.45, 2.75) is 32.5 Å². The summed E-state index contributed by atoms with van der Waals surface area (Å²) in [7, 11) is 0. The van der Waals surface area contributed by atoms with E-state index in [0.717, 1.165) is 12.0 Å². The van der Waals surface area contributed by atoms with Crippen molar-refractivity contribution in [2.24, 2.45) is 0 Å². The first-order valence-electron chi connectivity index (χ1n) is 8.55. The van der Waals surface area contributed by atoms with Gasteiger partial charge in [-0.05, 0) is 24.1 Å². The lowest BCUT2D eigenvalue weighted by Gasteiger charge is -2.21. The molecule has 138 valence electrons. The predicted octanol–water partition coefficient (Wildman–Crippen LogP) is 1.18. The molecule has 2 heterocycles. The smallest absolute Gasteiger partial charge is 0.274 e. The molecule has 0 saturated carbocycles. The fourth-order valence-corrected chi connectivity index (χ4v) is 2.90. The molecule has 1 aliphatic rings. The van der Waals surface area contributed by atoms with E-state index in [0.29, 0.717) is 13.1 Å². The molecule has 0 saturated heterocycles. The maximum absolute atomic E-state index is 13.1. The molecule has 0 fully saturated rings. The van der Waals surface area contributed by atoms with Crippen LogP contribution in [0.5, 0.6) is 0 Å². The number of fused-ring (bicyclic) bond motifs is 1. The van der Waals surface area contributed by atoms with E-state index >= 15 is 0 Å². The van der Waals surface area contributed by atoms with Crippen LogP contribution in [0, 0.1) is 5.82 Å². The van der Waals surface area contributed by atoms with Crippen LogP contribution < -0.4 is 5.32 Å². The maximum Gasteiger partial charge on any atom is 0.274 e. The minimum atomic E-state index is -0.756. The SMILES string of the molecule is CCCN(Cc1ccc(F)cc1)C(=O)c1cc2n(n1)C[C@H](O)CNC2=O. The van der Waals surface area contributed by atoms with Crippen LogP contribution in [-0.4, -0.2) is 50.8 Å². The van der Waals surface area contributed by atoms with Crippen molar-refractivity contribution in [2.75, 3.05) is 13.1 Å². The predicted molar refractivity (Wildman–Crippen MR) is 92.0 cm³/mol. The van der Waals surface area contributed by atoms with E-state index in [1.165, 1.54) is 22.9 Å². The van der Waals surface area contributed by atoms with Crippen molar-refractivity contribution in [1.29, 1.82) is 0 Å².